The predicted molar refractivity (Wildman–Crippen MR) is 99.4 cm³/mol. The van der Waals surface area contributed by atoms with E-state index in [1.165, 1.54) is 0 Å². The smallest absolute Gasteiger partial charge is 0.231 e. The summed E-state index contributed by atoms with van der Waals surface area (Å²) in [6.45, 7) is 4.43. The number of hydrogen-bond acceptors (Lipinski definition) is 6. The zero-order valence-electron chi connectivity index (χ0n) is 14.3. The Labute approximate surface area is 150 Å². The number of anilines is 2. The maximum Gasteiger partial charge on any atom is 0.231 e. The van der Waals surface area contributed by atoms with Gasteiger partial charge in [-0.2, -0.15) is 0 Å². The van der Waals surface area contributed by atoms with E-state index in [-0.39, 0.29) is 6.79 Å². The van der Waals surface area contributed by atoms with Crippen molar-refractivity contribution in [1.29, 1.82) is 0 Å². The molecule has 1 aliphatic rings. The van der Waals surface area contributed by atoms with E-state index in [9.17, 15) is 0 Å². The number of rotatable bonds is 4. The lowest BCUT2D eigenvalue weighted by atomic mass is 10.0. The van der Waals surface area contributed by atoms with Gasteiger partial charge in [-0.3, -0.25) is 0 Å². The van der Waals surface area contributed by atoms with Crippen LogP contribution in [0.2, 0.25) is 0 Å². The van der Waals surface area contributed by atoms with Crippen LogP contribution in [0, 0.1) is 13.8 Å². The minimum Gasteiger partial charge on any atom is -0.497 e. The van der Waals surface area contributed by atoms with Crippen molar-refractivity contribution in [3.8, 4) is 28.5 Å². The van der Waals surface area contributed by atoms with E-state index in [1.807, 2.05) is 30.3 Å². The van der Waals surface area contributed by atoms with Gasteiger partial charge in [-0.15, -0.1) is 11.3 Å². The van der Waals surface area contributed by atoms with E-state index >= 15 is 0 Å². The molecule has 0 spiro atoms. The molecule has 1 aliphatic heterocycles. The minimum atomic E-state index is 0.274. The quantitative estimate of drug-likeness (QED) is 0.721. The lowest BCUT2D eigenvalue weighted by Gasteiger charge is -2.10. The van der Waals surface area contributed by atoms with E-state index in [2.05, 4.69) is 24.5 Å². The summed E-state index contributed by atoms with van der Waals surface area (Å²) in [5.74, 6) is 2.39. The van der Waals surface area contributed by atoms with Gasteiger partial charge in [0.25, 0.3) is 0 Å². The first kappa shape index (κ1) is 15.8. The van der Waals surface area contributed by atoms with Crippen LogP contribution in [0.3, 0.4) is 0 Å². The topological polar surface area (TPSA) is 52.6 Å². The van der Waals surface area contributed by atoms with Gasteiger partial charge in [-0.05, 0) is 49.2 Å². The van der Waals surface area contributed by atoms with Crippen LogP contribution in [0.1, 0.15) is 11.1 Å². The van der Waals surface area contributed by atoms with Gasteiger partial charge in [0.2, 0.25) is 6.79 Å². The van der Waals surface area contributed by atoms with Crippen LogP contribution in [-0.2, 0) is 0 Å². The fourth-order valence-electron chi connectivity index (χ4n) is 2.99. The highest BCUT2D eigenvalue weighted by Gasteiger charge is 2.15. The summed E-state index contributed by atoms with van der Waals surface area (Å²) < 4.78 is 16.1. The van der Waals surface area contributed by atoms with Crippen LogP contribution in [0.25, 0.3) is 11.3 Å². The number of nitrogens with one attached hydrogen (secondary N) is 1. The molecule has 0 saturated heterocycles. The third kappa shape index (κ3) is 3.00. The number of aromatic nitrogens is 1. The zero-order valence-corrected chi connectivity index (χ0v) is 15.1. The van der Waals surface area contributed by atoms with Gasteiger partial charge in [0.15, 0.2) is 16.6 Å². The third-order valence-corrected chi connectivity index (χ3v) is 4.88. The fourth-order valence-corrected chi connectivity index (χ4v) is 3.71. The average Bonchev–Trinajstić information content (AvgIpc) is 3.23. The Morgan fingerprint density at radius 1 is 1.08 bits per heavy atom. The van der Waals surface area contributed by atoms with Crippen molar-refractivity contribution in [2.45, 2.75) is 13.8 Å². The van der Waals surface area contributed by atoms with Crippen molar-refractivity contribution in [1.82, 2.24) is 4.98 Å². The van der Waals surface area contributed by atoms with Crippen molar-refractivity contribution in [3.63, 3.8) is 0 Å². The SMILES string of the molecule is COc1cc(C)c(-c2csc(Nc3ccc4c(c3)OCO4)n2)c(C)c1. The molecule has 0 bridgehead atoms. The molecule has 3 aromatic rings. The number of methoxy groups -OCH3 is 1. The molecule has 2 heterocycles. The zero-order chi connectivity index (χ0) is 17.4. The highest BCUT2D eigenvalue weighted by atomic mass is 32.1. The number of thiazole rings is 1. The Morgan fingerprint density at radius 2 is 1.84 bits per heavy atom. The van der Waals surface area contributed by atoms with Crippen molar-refractivity contribution in [3.05, 3.63) is 46.8 Å². The molecule has 5 nitrogen and oxygen atoms in total. The number of aryl methyl sites for hydroxylation is 2. The number of fused-ring (bicyclic) bond motifs is 1. The molecule has 0 radical (unpaired) electrons. The van der Waals surface area contributed by atoms with Crippen LogP contribution in [0.4, 0.5) is 10.8 Å². The molecule has 2 aromatic carbocycles. The van der Waals surface area contributed by atoms with E-state index in [1.54, 1.807) is 18.4 Å². The average molecular weight is 354 g/mol. The van der Waals surface area contributed by atoms with Crippen LogP contribution in [0.15, 0.2) is 35.7 Å². The van der Waals surface area contributed by atoms with Crippen molar-refractivity contribution >= 4 is 22.2 Å². The molecule has 4 rings (SSSR count). The fraction of sp³-hybridized carbons (Fsp3) is 0.211. The summed E-state index contributed by atoms with van der Waals surface area (Å²) >= 11 is 1.57. The standard InChI is InChI=1S/C19H18N2O3S/c1-11-6-14(22-3)7-12(2)18(11)15-9-25-19(21-15)20-13-4-5-16-17(8-13)24-10-23-16/h4-9H,10H2,1-3H3,(H,20,21). The Kier molecular flexibility index (Phi) is 3.97. The Balaban J connectivity index is 1.61. The largest absolute Gasteiger partial charge is 0.497 e. The first-order valence-corrected chi connectivity index (χ1v) is 8.80. The molecule has 1 aromatic heterocycles. The Morgan fingerprint density at radius 3 is 2.60 bits per heavy atom. The summed E-state index contributed by atoms with van der Waals surface area (Å²) in [4.78, 5) is 4.74. The molecule has 1 N–H and O–H groups in total. The van der Waals surface area contributed by atoms with Gasteiger partial charge >= 0.3 is 0 Å². The highest BCUT2D eigenvalue weighted by molar-refractivity contribution is 7.14. The van der Waals surface area contributed by atoms with E-state index < -0.39 is 0 Å². The Hall–Kier alpha value is -2.73. The van der Waals surface area contributed by atoms with Gasteiger partial charge in [0.05, 0.1) is 12.8 Å². The number of nitrogens with zero attached hydrogens (tertiary/aromatic N) is 1. The van der Waals surface area contributed by atoms with Gasteiger partial charge in [0, 0.05) is 22.7 Å². The molecule has 0 atom stereocenters. The van der Waals surface area contributed by atoms with Gasteiger partial charge in [-0.25, -0.2) is 4.98 Å². The summed E-state index contributed by atoms with van der Waals surface area (Å²) in [5.41, 5.74) is 5.34. The number of hydrogen-bond donors (Lipinski definition) is 1. The minimum absolute atomic E-state index is 0.274. The van der Waals surface area contributed by atoms with Gasteiger partial charge in [0.1, 0.15) is 5.75 Å². The van der Waals surface area contributed by atoms with Crippen LogP contribution in [0.5, 0.6) is 17.2 Å². The third-order valence-electron chi connectivity index (χ3n) is 4.13. The monoisotopic (exact) mass is 354 g/mol. The summed E-state index contributed by atoms with van der Waals surface area (Å²) in [7, 11) is 1.68. The molecule has 128 valence electrons. The Bertz CT molecular complexity index is 913. The van der Waals surface area contributed by atoms with E-state index in [0.29, 0.717) is 0 Å². The first-order valence-electron chi connectivity index (χ1n) is 7.92. The van der Waals surface area contributed by atoms with Crippen LogP contribution in [-0.4, -0.2) is 18.9 Å². The molecule has 0 fully saturated rings. The molecule has 0 unspecified atom stereocenters. The maximum absolute atomic E-state index is 5.41. The molecule has 25 heavy (non-hydrogen) atoms. The lowest BCUT2D eigenvalue weighted by molar-refractivity contribution is 0.174. The summed E-state index contributed by atoms with van der Waals surface area (Å²) in [5, 5.41) is 6.24. The molecule has 0 aliphatic carbocycles. The van der Waals surface area contributed by atoms with Crippen LogP contribution < -0.4 is 19.5 Å². The number of ether oxygens (including phenoxy) is 3. The van der Waals surface area contributed by atoms with E-state index in [0.717, 1.165) is 50.5 Å². The number of benzene rings is 2. The highest BCUT2D eigenvalue weighted by Crippen LogP contribution is 2.37. The molecular weight excluding hydrogens is 336 g/mol. The first-order chi connectivity index (χ1) is 12.1. The maximum atomic E-state index is 5.41. The van der Waals surface area contributed by atoms with Crippen LogP contribution >= 0.6 is 11.3 Å². The van der Waals surface area contributed by atoms with Crippen molar-refractivity contribution in [2.24, 2.45) is 0 Å². The normalized spacial score (nSPS) is 12.3. The molecule has 0 saturated carbocycles. The van der Waals surface area contributed by atoms with Gasteiger partial charge in [-0.1, -0.05) is 0 Å². The summed E-state index contributed by atoms with van der Waals surface area (Å²) in [6.07, 6.45) is 0. The van der Waals surface area contributed by atoms with Crippen molar-refractivity contribution in [2.75, 3.05) is 19.2 Å². The molecule has 6 heteroatoms. The second-order valence-corrected chi connectivity index (χ2v) is 6.73. The molecule has 0 amide bonds. The second-order valence-electron chi connectivity index (χ2n) is 5.87. The van der Waals surface area contributed by atoms with Crippen molar-refractivity contribution < 1.29 is 14.2 Å². The summed E-state index contributed by atoms with van der Waals surface area (Å²) in [6, 6.07) is 9.85. The van der Waals surface area contributed by atoms with E-state index in [4.69, 9.17) is 19.2 Å². The van der Waals surface area contributed by atoms with Gasteiger partial charge < -0.3 is 19.5 Å². The molecular formula is C19H18N2O3S. The second kappa shape index (κ2) is 6.29. The predicted octanol–water partition coefficient (Wildman–Crippen LogP) is 4.91. The lowest BCUT2D eigenvalue weighted by Crippen LogP contribution is -1.93.